The Labute approximate surface area is 107 Å². The van der Waals surface area contributed by atoms with Crippen LogP contribution >= 0.6 is 11.6 Å². The number of piperidine rings is 1. The Hall–Kier alpha value is -0.800. The van der Waals surface area contributed by atoms with Gasteiger partial charge in [0.05, 0.1) is 11.9 Å². The predicted octanol–water partition coefficient (Wildman–Crippen LogP) is 2.41. The van der Waals surface area contributed by atoms with Crippen LogP contribution in [0.3, 0.4) is 0 Å². The van der Waals surface area contributed by atoms with E-state index >= 15 is 0 Å². The van der Waals surface area contributed by atoms with Gasteiger partial charge >= 0.3 is 0 Å². The maximum absolute atomic E-state index is 5.83. The van der Waals surface area contributed by atoms with E-state index in [0.717, 1.165) is 13.1 Å². The summed E-state index contributed by atoms with van der Waals surface area (Å²) >= 11 is 5.83. The first kappa shape index (κ1) is 11.3. The lowest BCUT2D eigenvalue weighted by molar-refractivity contribution is 0.0950. The number of likely N-dealkylation sites (N-methyl/N-ethyl adjacent to an activating group) is 1. The van der Waals surface area contributed by atoms with Gasteiger partial charge in [-0.3, -0.25) is 4.90 Å². The van der Waals surface area contributed by atoms with E-state index in [0.29, 0.717) is 17.2 Å². The summed E-state index contributed by atoms with van der Waals surface area (Å²) in [5.74, 6) is 0. The molecule has 2 saturated heterocycles. The minimum Gasteiger partial charge on any atom is -0.367 e. The van der Waals surface area contributed by atoms with Gasteiger partial charge in [-0.1, -0.05) is 18.0 Å². The Morgan fingerprint density at radius 1 is 1.24 bits per heavy atom. The summed E-state index contributed by atoms with van der Waals surface area (Å²) in [6.45, 7) is 2.24. The maximum Gasteiger partial charge on any atom is 0.129 e. The molecule has 0 amide bonds. The molecule has 4 heteroatoms. The van der Waals surface area contributed by atoms with E-state index in [4.69, 9.17) is 11.6 Å². The standard InChI is InChI=1S/C13H18ClN3/c1-16-11-3-2-4-12(16)9-17(8-11)10-5-6-13(14)15-7-10/h5-7,11-12H,2-4,8-9H2,1H3. The minimum absolute atomic E-state index is 0.572. The summed E-state index contributed by atoms with van der Waals surface area (Å²) in [4.78, 5) is 9.19. The summed E-state index contributed by atoms with van der Waals surface area (Å²) in [6, 6.07) is 5.37. The van der Waals surface area contributed by atoms with Crippen molar-refractivity contribution in [3.05, 3.63) is 23.5 Å². The topological polar surface area (TPSA) is 19.4 Å². The number of aromatic nitrogens is 1. The number of halogens is 1. The summed E-state index contributed by atoms with van der Waals surface area (Å²) < 4.78 is 0. The van der Waals surface area contributed by atoms with Crippen LogP contribution in [0.15, 0.2) is 18.3 Å². The Kier molecular flexibility index (Phi) is 2.97. The van der Waals surface area contributed by atoms with Gasteiger partial charge in [0.2, 0.25) is 0 Å². The SMILES string of the molecule is CN1C2CCCC1CN(c1ccc(Cl)nc1)C2. The molecular formula is C13H18ClN3. The molecule has 92 valence electrons. The molecule has 0 spiro atoms. The van der Waals surface area contributed by atoms with E-state index in [1.807, 2.05) is 12.3 Å². The number of piperazine rings is 1. The number of hydrogen-bond acceptors (Lipinski definition) is 3. The number of anilines is 1. The molecule has 2 unspecified atom stereocenters. The van der Waals surface area contributed by atoms with E-state index in [-0.39, 0.29) is 0 Å². The van der Waals surface area contributed by atoms with Crippen LogP contribution in [0.1, 0.15) is 19.3 Å². The highest BCUT2D eigenvalue weighted by Crippen LogP contribution is 2.29. The van der Waals surface area contributed by atoms with Crippen LogP contribution in [0, 0.1) is 0 Å². The number of rotatable bonds is 1. The van der Waals surface area contributed by atoms with Crippen molar-refractivity contribution in [1.82, 2.24) is 9.88 Å². The van der Waals surface area contributed by atoms with Crippen LogP contribution in [0.5, 0.6) is 0 Å². The lowest BCUT2D eigenvalue weighted by Gasteiger charge is -2.49. The van der Waals surface area contributed by atoms with Crippen LogP contribution in [-0.4, -0.2) is 42.1 Å². The molecular weight excluding hydrogens is 234 g/mol. The molecule has 1 aromatic heterocycles. The molecule has 1 aromatic rings. The van der Waals surface area contributed by atoms with E-state index in [9.17, 15) is 0 Å². The zero-order valence-electron chi connectivity index (χ0n) is 10.1. The highest BCUT2D eigenvalue weighted by atomic mass is 35.5. The summed E-state index contributed by atoms with van der Waals surface area (Å²) in [7, 11) is 2.27. The Morgan fingerprint density at radius 2 is 1.94 bits per heavy atom. The van der Waals surface area contributed by atoms with Gasteiger partial charge in [-0.05, 0) is 32.0 Å². The summed E-state index contributed by atoms with van der Waals surface area (Å²) in [5, 5.41) is 0.572. The minimum atomic E-state index is 0.572. The van der Waals surface area contributed by atoms with Gasteiger partial charge < -0.3 is 4.90 Å². The molecule has 2 atom stereocenters. The van der Waals surface area contributed by atoms with Crippen LogP contribution in [0.2, 0.25) is 5.15 Å². The van der Waals surface area contributed by atoms with E-state index in [1.54, 1.807) is 0 Å². The molecule has 2 fully saturated rings. The second kappa shape index (κ2) is 4.46. The van der Waals surface area contributed by atoms with Crippen molar-refractivity contribution in [3.63, 3.8) is 0 Å². The molecule has 2 aliphatic rings. The average molecular weight is 252 g/mol. The van der Waals surface area contributed by atoms with Crippen LogP contribution in [0.25, 0.3) is 0 Å². The fourth-order valence-corrected chi connectivity index (χ4v) is 3.20. The molecule has 0 radical (unpaired) electrons. The van der Waals surface area contributed by atoms with Crippen molar-refractivity contribution in [2.45, 2.75) is 31.3 Å². The van der Waals surface area contributed by atoms with Crippen molar-refractivity contribution in [1.29, 1.82) is 0 Å². The van der Waals surface area contributed by atoms with Crippen molar-refractivity contribution < 1.29 is 0 Å². The fourth-order valence-electron chi connectivity index (χ4n) is 3.08. The van der Waals surface area contributed by atoms with Gasteiger partial charge in [0.15, 0.2) is 0 Å². The Morgan fingerprint density at radius 3 is 2.53 bits per heavy atom. The zero-order chi connectivity index (χ0) is 11.8. The van der Waals surface area contributed by atoms with Gasteiger partial charge in [-0.2, -0.15) is 0 Å². The molecule has 2 aliphatic heterocycles. The largest absolute Gasteiger partial charge is 0.367 e. The van der Waals surface area contributed by atoms with Crippen LogP contribution in [-0.2, 0) is 0 Å². The smallest absolute Gasteiger partial charge is 0.129 e. The van der Waals surface area contributed by atoms with E-state index < -0.39 is 0 Å². The zero-order valence-corrected chi connectivity index (χ0v) is 10.9. The van der Waals surface area contributed by atoms with Crippen molar-refractivity contribution in [2.75, 3.05) is 25.0 Å². The lowest BCUT2D eigenvalue weighted by atomic mass is 9.92. The highest BCUT2D eigenvalue weighted by Gasteiger charge is 2.34. The third kappa shape index (κ3) is 2.14. The second-order valence-corrected chi connectivity index (χ2v) is 5.54. The van der Waals surface area contributed by atoms with Crippen LogP contribution in [0.4, 0.5) is 5.69 Å². The van der Waals surface area contributed by atoms with Crippen molar-refractivity contribution in [2.24, 2.45) is 0 Å². The van der Waals surface area contributed by atoms with Crippen LogP contribution < -0.4 is 4.90 Å². The molecule has 0 saturated carbocycles. The van der Waals surface area contributed by atoms with Crippen molar-refractivity contribution in [3.8, 4) is 0 Å². The number of pyridine rings is 1. The molecule has 0 N–H and O–H groups in total. The van der Waals surface area contributed by atoms with E-state index in [2.05, 4.69) is 27.9 Å². The van der Waals surface area contributed by atoms with Gasteiger partial charge in [0.25, 0.3) is 0 Å². The molecule has 0 aromatic carbocycles. The first-order valence-corrected chi connectivity index (χ1v) is 6.70. The summed E-state index contributed by atoms with van der Waals surface area (Å²) in [5.41, 5.74) is 1.21. The monoisotopic (exact) mass is 251 g/mol. The van der Waals surface area contributed by atoms with Gasteiger partial charge in [-0.15, -0.1) is 0 Å². The summed E-state index contributed by atoms with van der Waals surface area (Å²) in [6.07, 6.45) is 5.92. The first-order valence-electron chi connectivity index (χ1n) is 6.32. The number of hydrogen-bond donors (Lipinski definition) is 0. The van der Waals surface area contributed by atoms with Gasteiger partial charge in [-0.25, -0.2) is 4.98 Å². The van der Waals surface area contributed by atoms with Gasteiger partial charge in [0, 0.05) is 25.2 Å². The molecule has 0 aliphatic carbocycles. The Balaban J connectivity index is 1.79. The average Bonchev–Trinajstić information content (AvgIpc) is 2.30. The predicted molar refractivity (Wildman–Crippen MR) is 70.7 cm³/mol. The maximum atomic E-state index is 5.83. The number of nitrogens with zero attached hydrogens (tertiary/aromatic N) is 3. The molecule has 2 bridgehead atoms. The number of fused-ring (bicyclic) bond motifs is 2. The second-order valence-electron chi connectivity index (χ2n) is 5.15. The van der Waals surface area contributed by atoms with E-state index in [1.165, 1.54) is 24.9 Å². The van der Waals surface area contributed by atoms with Crippen molar-refractivity contribution >= 4 is 17.3 Å². The first-order chi connectivity index (χ1) is 8.24. The molecule has 17 heavy (non-hydrogen) atoms. The highest BCUT2D eigenvalue weighted by molar-refractivity contribution is 6.29. The third-order valence-electron chi connectivity index (χ3n) is 4.17. The molecule has 3 rings (SSSR count). The lowest BCUT2D eigenvalue weighted by Crippen LogP contribution is -2.59. The van der Waals surface area contributed by atoms with Gasteiger partial charge in [0.1, 0.15) is 5.15 Å². The molecule has 3 heterocycles. The molecule has 3 nitrogen and oxygen atoms in total. The fraction of sp³-hybridized carbons (Fsp3) is 0.615. The normalized spacial score (nSPS) is 29.4. The third-order valence-corrected chi connectivity index (χ3v) is 4.39. The Bertz CT molecular complexity index is 378. The quantitative estimate of drug-likeness (QED) is 0.715.